The van der Waals surface area contributed by atoms with Crippen molar-refractivity contribution in [3.05, 3.63) is 30.1 Å². The van der Waals surface area contributed by atoms with Crippen LogP contribution < -0.4 is 10.1 Å². The second-order valence-corrected chi connectivity index (χ2v) is 4.33. The van der Waals surface area contributed by atoms with Crippen molar-refractivity contribution in [2.45, 2.75) is 19.3 Å². The average Bonchev–Trinajstić information content (AvgIpc) is 2.33. The van der Waals surface area contributed by atoms with Crippen molar-refractivity contribution in [3.8, 4) is 5.75 Å². The Labute approximate surface area is 100.0 Å². The van der Waals surface area contributed by atoms with Gasteiger partial charge < -0.3 is 10.1 Å². The molecule has 1 heterocycles. The fourth-order valence-corrected chi connectivity index (χ4v) is 2.00. The summed E-state index contributed by atoms with van der Waals surface area (Å²) < 4.78 is 17.8. The second kappa shape index (κ2) is 5.77. The smallest absolute Gasteiger partial charge is 0.311 e. The van der Waals surface area contributed by atoms with Gasteiger partial charge in [-0.15, -0.1) is 0 Å². The summed E-state index contributed by atoms with van der Waals surface area (Å²) in [4.78, 5) is 11.6. The van der Waals surface area contributed by atoms with Gasteiger partial charge in [-0.3, -0.25) is 4.79 Å². The number of hydrogen-bond donors (Lipinski definition) is 1. The Bertz CT molecular complexity index is 372. The molecule has 0 spiro atoms. The lowest BCUT2D eigenvalue weighted by Crippen LogP contribution is -2.29. The monoisotopic (exact) mass is 237 g/mol. The number of carbonyl (C=O) groups excluding carboxylic acids is 1. The van der Waals surface area contributed by atoms with E-state index in [-0.39, 0.29) is 11.8 Å². The van der Waals surface area contributed by atoms with Gasteiger partial charge in [-0.05, 0) is 56.1 Å². The highest BCUT2D eigenvalue weighted by Crippen LogP contribution is 2.18. The number of hydrogen-bond acceptors (Lipinski definition) is 3. The van der Waals surface area contributed by atoms with Gasteiger partial charge in [0.25, 0.3) is 0 Å². The first-order chi connectivity index (χ1) is 8.24. The Kier molecular flexibility index (Phi) is 4.09. The molecule has 1 aromatic rings. The predicted octanol–water partition coefficient (Wildman–Crippen LogP) is 2.12. The van der Waals surface area contributed by atoms with Crippen molar-refractivity contribution >= 4 is 5.97 Å². The minimum absolute atomic E-state index is 0.233. The van der Waals surface area contributed by atoms with Crippen LogP contribution in [0.4, 0.5) is 4.39 Å². The molecule has 1 N–H and O–H groups in total. The maximum atomic E-state index is 12.6. The van der Waals surface area contributed by atoms with Crippen LogP contribution in [-0.4, -0.2) is 19.1 Å². The van der Waals surface area contributed by atoms with Crippen molar-refractivity contribution in [2.24, 2.45) is 5.92 Å². The van der Waals surface area contributed by atoms with Crippen molar-refractivity contribution in [1.29, 1.82) is 0 Å². The molecule has 2 rings (SSSR count). The molecule has 17 heavy (non-hydrogen) atoms. The van der Waals surface area contributed by atoms with E-state index in [1.54, 1.807) is 0 Å². The zero-order chi connectivity index (χ0) is 12.1. The van der Waals surface area contributed by atoms with Crippen LogP contribution in [-0.2, 0) is 4.79 Å². The van der Waals surface area contributed by atoms with Gasteiger partial charge in [-0.25, -0.2) is 4.39 Å². The van der Waals surface area contributed by atoms with Crippen LogP contribution in [0.3, 0.4) is 0 Å². The summed E-state index contributed by atoms with van der Waals surface area (Å²) in [6.07, 6.45) is 2.47. The van der Waals surface area contributed by atoms with Crippen LogP contribution in [0.25, 0.3) is 0 Å². The summed E-state index contributed by atoms with van der Waals surface area (Å²) in [5.41, 5.74) is 0. The van der Waals surface area contributed by atoms with Crippen molar-refractivity contribution in [1.82, 2.24) is 5.32 Å². The van der Waals surface area contributed by atoms with Crippen LogP contribution in [0.5, 0.6) is 5.75 Å². The van der Waals surface area contributed by atoms with Gasteiger partial charge in [0.1, 0.15) is 11.6 Å². The van der Waals surface area contributed by atoms with Crippen molar-refractivity contribution in [2.75, 3.05) is 13.1 Å². The summed E-state index contributed by atoms with van der Waals surface area (Å²) in [5, 5.41) is 3.25. The first kappa shape index (κ1) is 12.0. The van der Waals surface area contributed by atoms with E-state index in [0.29, 0.717) is 18.1 Å². The third-order valence-electron chi connectivity index (χ3n) is 2.96. The Balaban J connectivity index is 1.82. The summed E-state index contributed by atoms with van der Waals surface area (Å²) >= 11 is 0. The number of piperidine rings is 1. The molecule has 1 aromatic carbocycles. The molecule has 0 saturated carbocycles. The molecule has 0 amide bonds. The number of ether oxygens (including phenoxy) is 1. The van der Waals surface area contributed by atoms with E-state index in [9.17, 15) is 9.18 Å². The van der Waals surface area contributed by atoms with Crippen LogP contribution in [0.1, 0.15) is 19.3 Å². The SMILES string of the molecule is O=C(CC1CCNCC1)Oc1ccc(F)cc1. The number of carbonyl (C=O) groups is 1. The van der Waals surface area contributed by atoms with Gasteiger partial charge in [0.15, 0.2) is 0 Å². The van der Waals surface area contributed by atoms with Crippen LogP contribution >= 0.6 is 0 Å². The Morgan fingerprint density at radius 1 is 1.29 bits per heavy atom. The highest BCUT2D eigenvalue weighted by Gasteiger charge is 2.17. The quantitative estimate of drug-likeness (QED) is 0.646. The van der Waals surface area contributed by atoms with Gasteiger partial charge in [0, 0.05) is 6.42 Å². The van der Waals surface area contributed by atoms with Gasteiger partial charge in [-0.2, -0.15) is 0 Å². The lowest BCUT2D eigenvalue weighted by molar-refractivity contribution is -0.135. The minimum Gasteiger partial charge on any atom is -0.427 e. The lowest BCUT2D eigenvalue weighted by atomic mass is 9.95. The second-order valence-electron chi connectivity index (χ2n) is 4.33. The lowest BCUT2D eigenvalue weighted by Gasteiger charge is -2.21. The average molecular weight is 237 g/mol. The minimum atomic E-state index is -0.330. The molecule has 0 aromatic heterocycles. The molecular weight excluding hydrogens is 221 g/mol. The van der Waals surface area contributed by atoms with E-state index in [2.05, 4.69) is 5.32 Å². The molecule has 1 saturated heterocycles. The van der Waals surface area contributed by atoms with Gasteiger partial charge in [0.05, 0.1) is 0 Å². The molecule has 92 valence electrons. The number of rotatable bonds is 3. The van der Waals surface area contributed by atoms with Crippen LogP contribution in [0, 0.1) is 11.7 Å². The number of halogens is 1. The maximum absolute atomic E-state index is 12.6. The van der Waals surface area contributed by atoms with E-state index in [1.165, 1.54) is 24.3 Å². The zero-order valence-corrected chi connectivity index (χ0v) is 9.62. The summed E-state index contributed by atoms with van der Waals surface area (Å²) in [6, 6.07) is 5.51. The highest BCUT2D eigenvalue weighted by molar-refractivity contribution is 5.72. The maximum Gasteiger partial charge on any atom is 0.311 e. The molecule has 1 aliphatic heterocycles. The molecular formula is C13H16FNO2. The summed E-state index contributed by atoms with van der Waals surface area (Å²) in [6.45, 7) is 1.93. The topological polar surface area (TPSA) is 38.3 Å². The highest BCUT2D eigenvalue weighted by atomic mass is 19.1. The fraction of sp³-hybridized carbons (Fsp3) is 0.462. The molecule has 0 atom stereocenters. The molecule has 1 aliphatic rings. The van der Waals surface area contributed by atoms with Gasteiger partial charge >= 0.3 is 5.97 Å². The first-order valence-corrected chi connectivity index (χ1v) is 5.91. The Morgan fingerprint density at radius 2 is 1.94 bits per heavy atom. The number of esters is 1. The van der Waals surface area contributed by atoms with Gasteiger partial charge in [0.2, 0.25) is 0 Å². The van der Waals surface area contributed by atoms with Gasteiger partial charge in [-0.1, -0.05) is 0 Å². The van der Waals surface area contributed by atoms with Crippen molar-refractivity contribution < 1.29 is 13.9 Å². The normalized spacial score (nSPS) is 16.8. The summed E-state index contributed by atoms with van der Waals surface area (Å²) in [5.74, 6) is 0.251. The Morgan fingerprint density at radius 3 is 2.59 bits per heavy atom. The third kappa shape index (κ3) is 3.82. The third-order valence-corrected chi connectivity index (χ3v) is 2.96. The first-order valence-electron chi connectivity index (χ1n) is 5.91. The number of benzene rings is 1. The Hall–Kier alpha value is -1.42. The molecule has 0 bridgehead atoms. The largest absolute Gasteiger partial charge is 0.427 e. The van der Waals surface area contributed by atoms with Crippen molar-refractivity contribution in [3.63, 3.8) is 0 Å². The number of nitrogens with one attached hydrogen (secondary N) is 1. The molecule has 1 fully saturated rings. The van der Waals surface area contributed by atoms with E-state index in [4.69, 9.17) is 4.74 Å². The van der Waals surface area contributed by atoms with Crippen LogP contribution in [0.2, 0.25) is 0 Å². The molecule has 0 aliphatic carbocycles. The molecule has 3 nitrogen and oxygen atoms in total. The molecule has 0 radical (unpaired) electrons. The zero-order valence-electron chi connectivity index (χ0n) is 9.62. The summed E-state index contributed by atoms with van der Waals surface area (Å²) in [7, 11) is 0. The van der Waals surface area contributed by atoms with Crippen LogP contribution in [0.15, 0.2) is 24.3 Å². The standard InChI is InChI=1S/C13H16FNO2/c14-11-1-3-12(4-2-11)17-13(16)9-10-5-7-15-8-6-10/h1-4,10,15H,5-9H2. The van der Waals surface area contributed by atoms with E-state index in [0.717, 1.165) is 25.9 Å². The van der Waals surface area contributed by atoms with E-state index >= 15 is 0 Å². The molecule has 4 heteroatoms. The van der Waals surface area contributed by atoms with E-state index in [1.807, 2.05) is 0 Å². The molecule has 0 unspecified atom stereocenters. The fourth-order valence-electron chi connectivity index (χ4n) is 2.00. The predicted molar refractivity (Wildman–Crippen MR) is 62.2 cm³/mol. The van der Waals surface area contributed by atoms with E-state index < -0.39 is 0 Å².